The van der Waals surface area contributed by atoms with Crippen LogP contribution in [0.1, 0.15) is 20.3 Å². The quantitative estimate of drug-likeness (QED) is 0.714. The van der Waals surface area contributed by atoms with Crippen LogP contribution in [0.25, 0.3) is 0 Å². The fourth-order valence-corrected chi connectivity index (χ4v) is 1.79. The Labute approximate surface area is 101 Å². The van der Waals surface area contributed by atoms with Crippen LogP contribution in [-0.4, -0.2) is 28.5 Å². The van der Waals surface area contributed by atoms with Crippen LogP contribution in [0.5, 0.6) is 0 Å². The molecule has 90 valence electrons. The van der Waals surface area contributed by atoms with Crippen molar-refractivity contribution in [3.05, 3.63) is 22.7 Å². The molecule has 0 aliphatic rings. The molecule has 5 heteroatoms. The molecule has 1 rings (SSSR count). The number of alkyl halides is 1. The number of anilines is 1. The Bertz CT molecular complexity index is 378. The van der Waals surface area contributed by atoms with E-state index in [0.29, 0.717) is 18.2 Å². The number of hydrogen-bond acceptors (Lipinski definition) is 3. The van der Waals surface area contributed by atoms with E-state index in [0.717, 1.165) is 19.5 Å². The standard InChI is InChI=1S/C11H18ClN3O/c1-3-7-15-9-6-13-10(11(15)16)14(4-2)8-5-12/h6,9H,3-5,7-8H2,1-2H3. The highest BCUT2D eigenvalue weighted by Gasteiger charge is 2.10. The van der Waals surface area contributed by atoms with Crippen LogP contribution in [0.3, 0.4) is 0 Å². The first-order chi connectivity index (χ1) is 7.74. The molecule has 0 unspecified atom stereocenters. The van der Waals surface area contributed by atoms with Crippen LogP contribution in [0.2, 0.25) is 0 Å². The highest BCUT2D eigenvalue weighted by Crippen LogP contribution is 2.03. The van der Waals surface area contributed by atoms with Gasteiger partial charge in [-0.15, -0.1) is 11.6 Å². The van der Waals surface area contributed by atoms with Crippen molar-refractivity contribution in [2.24, 2.45) is 0 Å². The van der Waals surface area contributed by atoms with E-state index in [-0.39, 0.29) is 5.56 Å². The van der Waals surface area contributed by atoms with E-state index >= 15 is 0 Å². The Balaban J connectivity index is 3.03. The zero-order valence-corrected chi connectivity index (χ0v) is 10.6. The van der Waals surface area contributed by atoms with Gasteiger partial charge in [-0.05, 0) is 13.3 Å². The molecule has 0 spiro atoms. The van der Waals surface area contributed by atoms with Gasteiger partial charge < -0.3 is 9.47 Å². The van der Waals surface area contributed by atoms with Gasteiger partial charge in [-0.1, -0.05) is 6.92 Å². The van der Waals surface area contributed by atoms with E-state index in [4.69, 9.17) is 11.6 Å². The van der Waals surface area contributed by atoms with Gasteiger partial charge in [-0.3, -0.25) is 4.79 Å². The Kier molecular flexibility index (Phi) is 5.32. The highest BCUT2D eigenvalue weighted by molar-refractivity contribution is 6.18. The predicted octanol–water partition coefficient (Wildman–Crippen LogP) is 1.72. The summed E-state index contributed by atoms with van der Waals surface area (Å²) in [6.45, 7) is 6.15. The van der Waals surface area contributed by atoms with Gasteiger partial charge in [-0.25, -0.2) is 4.98 Å². The van der Waals surface area contributed by atoms with Crippen LogP contribution >= 0.6 is 11.6 Å². The normalized spacial score (nSPS) is 10.4. The van der Waals surface area contributed by atoms with Gasteiger partial charge in [0, 0.05) is 37.9 Å². The minimum atomic E-state index is -0.0312. The van der Waals surface area contributed by atoms with Crippen LogP contribution in [0.4, 0.5) is 5.82 Å². The Morgan fingerprint density at radius 3 is 2.81 bits per heavy atom. The number of nitrogens with zero attached hydrogens (tertiary/aromatic N) is 3. The molecule has 0 N–H and O–H groups in total. The first-order valence-corrected chi connectivity index (χ1v) is 6.14. The maximum absolute atomic E-state index is 12.0. The summed E-state index contributed by atoms with van der Waals surface area (Å²) in [5.74, 6) is 0.997. The lowest BCUT2D eigenvalue weighted by molar-refractivity contribution is 0.643. The fraction of sp³-hybridized carbons (Fsp3) is 0.636. The summed E-state index contributed by atoms with van der Waals surface area (Å²) in [6.07, 6.45) is 4.33. The first-order valence-electron chi connectivity index (χ1n) is 5.60. The lowest BCUT2D eigenvalue weighted by atomic mass is 10.4. The third-order valence-electron chi connectivity index (χ3n) is 2.40. The van der Waals surface area contributed by atoms with E-state index in [2.05, 4.69) is 4.98 Å². The van der Waals surface area contributed by atoms with Crippen LogP contribution in [0.15, 0.2) is 17.2 Å². The largest absolute Gasteiger partial charge is 0.351 e. The number of halogens is 1. The van der Waals surface area contributed by atoms with Gasteiger partial charge in [-0.2, -0.15) is 0 Å². The molecule has 0 saturated heterocycles. The molecule has 16 heavy (non-hydrogen) atoms. The van der Waals surface area contributed by atoms with Gasteiger partial charge in [0.1, 0.15) is 0 Å². The molecule has 4 nitrogen and oxygen atoms in total. The Hall–Kier alpha value is -1.03. The zero-order chi connectivity index (χ0) is 12.0. The minimum absolute atomic E-state index is 0.0312. The van der Waals surface area contributed by atoms with Crippen molar-refractivity contribution in [2.45, 2.75) is 26.8 Å². The number of rotatable bonds is 6. The second kappa shape index (κ2) is 6.53. The van der Waals surface area contributed by atoms with Crippen molar-refractivity contribution in [3.8, 4) is 0 Å². The molecule has 1 aromatic rings. The van der Waals surface area contributed by atoms with Crippen molar-refractivity contribution in [1.29, 1.82) is 0 Å². The molecule has 0 aliphatic carbocycles. The maximum Gasteiger partial charge on any atom is 0.293 e. The van der Waals surface area contributed by atoms with Gasteiger partial charge in [0.25, 0.3) is 5.56 Å². The summed E-state index contributed by atoms with van der Waals surface area (Å²) in [4.78, 5) is 18.1. The number of aromatic nitrogens is 2. The topological polar surface area (TPSA) is 38.1 Å². The summed E-state index contributed by atoms with van der Waals surface area (Å²) in [7, 11) is 0. The van der Waals surface area contributed by atoms with Crippen molar-refractivity contribution in [3.63, 3.8) is 0 Å². The highest BCUT2D eigenvalue weighted by atomic mass is 35.5. The maximum atomic E-state index is 12.0. The Morgan fingerprint density at radius 1 is 1.50 bits per heavy atom. The molecule has 0 fully saturated rings. The van der Waals surface area contributed by atoms with E-state index in [1.165, 1.54) is 0 Å². The molecule has 0 saturated carbocycles. The monoisotopic (exact) mass is 243 g/mol. The summed E-state index contributed by atoms with van der Waals surface area (Å²) < 4.78 is 1.69. The molecule has 0 aromatic carbocycles. The molecular weight excluding hydrogens is 226 g/mol. The fourth-order valence-electron chi connectivity index (χ4n) is 1.59. The molecule has 0 amide bonds. The molecule has 0 aliphatic heterocycles. The van der Waals surface area contributed by atoms with E-state index in [1.54, 1.807) is 17.0 Å². The number of aryl methyl sites for hydroxylation is 1. The third-order valence-corrected chi connectivity index (χ3v) is 2.56. The van der Waals surface area contributed by atoms with Gasteiger partial charge >= 0.3 is 0 Å². The minimum Gasteiger partial charge on any atom is -0.351 e. The van der Waals surface area contributed by atoms with Crippen LogP contribution in [-0.2, 0) is 6.54 Å². The first kappa shape index (κ1) is 13.0. The van der Waals surface area contributed by atoms with Crippen molar-refractivity contribution in [2.75, 3.05) is 23.9 Å². The summed E-state index contributed by atoms with van der Waals surface area (Å²) in [5.41, 5.74) is -0.0312. The second-order valence-corrected chi connectivity index (χ2v) is 3.90. The lowest BCUT2D eigenvalue weighted by Gasteiger charge is -2.20. The second-order valence-electron chi connectivity index (χ2n) is 3.52. The molecule has 1 heterocycles. The molecule has 1 aromatic heterocycles. The van der Waals surface area contributed by atoms with Crippen molar-refractivity contribution < 1.29 is 0 Å². The summed E-state index contributed by atoms with van der Waals surface area (Å²) in [5, 5.41) is 0. The van der Waals surface area contributed by atoms with Crippen molar-refractivity contribution >= 4 is 17.4 Å². The Morgan fingerprint density at radius 2 is 2.25 bits per heavy atom. The number of hydrogen-bond donors (Lipinski definition) is 0. The van der Waals surface area contributed by atoms with E-state index in [9.17, 15) is 4.79 Å². The average molecular weight is 244 g/mol. The molecule has 0 bridgehead atoms. The lowest BCUT2D eigenvalue weighted by Crippen LogP contribution is -2.34. The van der Waals surface area contributed by atoms with Gasteiger partial charge in [0.05, 0.1) is 0 Å². The average Bonchev–Trinajstić information content (AvgIpc) is 2.30. The van der Waals surface area contributed by atoms with Crippen LogP contribution in [0, 0.1) is 0 Å². The van der Waals surface area contributed by atoms with Crippen LogP contribution < -0.4 is 10.5 Å². The zero-order valence-electron chi connectivity index (χ0n) is 9.82. The SMILES string of the molecule is CCCn1ccnc(N(CC)CCCl)c1=O. The molecule has 0 atom stereocenters. The third kappa shape index (κ3) is 2.98. The van der Waals surface area contributed by atoms with E-state index in [1.807, 2.05) is 18.7 Å². The van der Waals surface area contributed by atoms with Gasteiger partial charge in [0.15, 0.2) is 5.82 Å². The molecular formula is C11H18ClN3O. The van der Waals surface area contributed by atoms with Gasteiger partial charge in [0.2, 0.25) is 0 Å². The summed E-state index contributed by atoms with van der Waals surface area (Å²) >= 11 is 5.70. The predicted molar refractivity (Wildman–Crippen MR) is 67.4 cm³/mol. The smallest absolute Gasteiger partial charge is 0.293 e. The van der Waals surface area contributed by atoms with Crippen molar-refractivity contribution in [1.82, 2.24) is 9.55 Å². The van der Waals surface area contributed by atoms with E-state index < -0.39 is 0 Å². The molecule has 0 radical (unpaired) electrons. The summed E-state index contributed by atoms with van der Waals surface area (Å²) in [6, 6.07) is 0.